The minimum atomic E-state index is -0.0769. The molecule has 2 rings (SSSR count). The molecule has 3 heteroatoms. The number of carbonyl (C=O) groups excluding carboxylic acids is 1. The van der Waals surface area contributed by atoms with Crippen LogP contribution < -0.4 is 5.32 Å². The van der Waals surface area contributed by atoms with Crippen LogP contribution in [0.1, 0.15) is 30.5 Å². The van der Waals surface area contributed by atoms with Crippen LogP contribution >= 0.6 is 11.6 Å². The molecule has 2 nitrogen and oxygen atoms in total. The maximum absolute atomic E-state index is 12.0. The first-order valence-electron chi connectivity index (χ1n) is 6.74. The number of rotatable bonds is 5. The molecule has 1 unspecified atom stereocenters. The molecule has 20 heavy (non-hydrogen) atoms. The molecule has 2 aromatic carbocycles. The number of hydrogen-bond acceptors (Lipinski definition) is 1. The molecule has 0 heterocycles. The summed E-state index contributed by atoms with van der Waals surface area (Å²) in [5.41, 5.74) is 2.12. The highest BCUT2D eigenvalue weighted by Gasteiger charge is 2.11. The molecule has 0 aromatic heterocycles. The lowest BCUT2D eigenvalue weighted by Crippen LogP contribution is -2.27. The summed E-state index contributed by atoms with van der Waals surface area (Å²) in [5, 5.41) is 3.67. The van der Waals surface area contributed by atoms with Gasteiger partial charge in [0.25, 0.3) is 0 Å². The van der Waals surface area contributed by atoms with E-state index in [0.717, 1.165) is 12.0 Å². The van der Waals surface area contributed by atoms with E-state index in [-0.39, 0.29) is 11.9 Å². The van der Waals surface area contributed by atoms with Crippen LogP contribution in [0.4, 0.5) is 0 Å². The Bertz CT molecular complexity index is 568. The van der Waals surface area contributed by atoms with Gasteiger partial charge in [0.1, 0.15) is 0 Å². The molecule has 1 atom stereocenters. The molecule has 0 saturated carbocycles. The lowest BCUT2D eigenvalue weighted by Gasteiger charge is -2.15. The first kappa shape index (κ1) is 14.6. The number of aryl methyl sites for hydroxylation is 1. The van der Waals surface area contributed by atoms with Crippen molar-refractivity contribution in [3.8, 4) is 0 Å². The van der Waals surface area contributed by atoms with E-state index in [4.69, 9.17) is 11.6 Å². The van der Waals surface area contributed by atoms with Crippen LogP contribution in [-0.4, -0.2) is 5.91 Å². The molecule has 1 amide bonds. The minimum absolute atomic E-state index is 0.0428. The van der Waals surface area contributed by atoms with E-state index >= 15 is 0 Å². The first-order valence-corrected chi connectivity index (χ1v) is 7.12. The molecule has 0 fully saturated rings. The maximum atomic E-state index is 12.0. The van der Waals surface area contributed by atoms with E-state index in [1.165, 1.54) is 5.56 Å². The quantitative estimate of drug-likeness (QED) is 0.879. The fourth-order valence-corrected chi connectivity index (χ4v) is 2.42. The summed E-state index contributed by atoms with van der Waals surface area (Å²) in [7, 11) is 0. The molecule has 2 aromatic rings. The van der Waals surface area contributed by atoms with Crippen LogP contribution in [0.3, 0.4) is 0 Å². The molecule has 0 aliphatic heterocycles. The molecular weight excluding hydrogens is 270 g/mol. The predicted molar refractivity (Wildman–Crippen MR) is 82.8 cm³/mol. The third-order valence-electron chi connectivity index (χ3n) is 3.23. The molecule has 0 radical (unpaired) electrons. The second-order valence-corrected chi connectivity index (χ2v) is 5.20. The average Bonchev–Trinajstić information content (AvgIpc) is 2.46. The van der Waals surface area contributed by atoms with E-state index < -0.39 is 0 Å². The Morgan fingerprint density at radius 3 is 2.45 bits per heavy atom. The molecule has 1 N–H and O–H groups in total. The maximum Gasteiger partial charge on any atom is 0.220 e. The molecular formula is C17H18ClNO. The molecule has 0 aliphatic rings. The first-order chi connectivity index (χ1) is 9.66. The van der Waals surface area contributed by atoms with Crippen molar-refractivity contribution in [2.24, 2.45) is 0 Å². The number of nitrogens with one attached hydrogen (secondary N) is 1. The fraction of sp³-hybridized carbons (Fsp3) is 0.235. The Morgan fingerprint density at radius 2 is 1.75 bits per heavy atom. The molecule has 104 valence electrons. The highest BCUT2D eigenvalue weighted by atomic mass is 35.5. The van der Waals surface area contributed by atoms with Gasteiger partial charge < -0.3 is 5.32 Å². The van der Waals surface area contributed by atoms with E-state index in [1.54, 1.807) is 0 Å². The zero-order valence-electron chi connectivity index (χ0n) is 11.5. The van der Waals surface area contributed by atoms with Crippen LogP contribution in [0.15, 0.2) is 54.6 Å². The van der Waals surface area contributed by atoms with Crippen molar-refractivity contribution < 1.29 is 4.79 Å². The monoisotopic (exact) mass is 287 g/mol. The number of halogens is 1. The SMILES string of the molecule is CC(NC(=O)CCc1ccccc1)c1ccccc1Cl. The highest BCUT2D eigenvalue weighted by molar-refractivity contribution is 6.31. The van der Waals surface area contributed by atoms with Crippen LogP contribution in [0.25, 0.3) is 0 Å². The van der Waals surface area contributed by atoms with E-state index in [2.05, 4.69) is 5.32 Å². The summed E-state index contributed by atoms with van der Waals surface area (Å²) < 4.78 is 0. The Balaban J connectivity index is 1.87. The smallest absolute Gasteiger partial charge is 0.220 e. The zero-order chi connectivity index (χ0) is 14.4. The van der Waals surface area contributed by atoms with Crippen LogP contribution in [-0.2, 0) is 11.2 Å². The molecule has 0 spiro atoms. The van der Waals surface area contributed by atoms with Gasteiger partial charge in [-0.2, -0.15) is 0 Å². The van der Waals surface area contributed by atoms with Crippen molar-refractivity contribution in [1.29, 1.82) is 0 Å². The summed E-state index contributed by atoms with van der Waals surface area (Å²) in [5.74, 6) is 0.0428. The standard InChI is InChI=1S/C17H18ClNO/c1-13(15-9-5-6-10-16(15)18)19-17(20)12-11-14-7-3-2-4-8-14/h2-10,13H,11-12H2,1H3,(H,19,20). The van der Waals surface area contributed by atoms with Crippen molar-refractivity contribution >= 4 is 17.5 Å². The number of amides is 1. The van der Waals surface area contributed by atoms with Crippen LogP contribution in [0, 0.1) is 0 Å². The Labute approximate surface area is 124 Å². The fourth-order valence-electron chi connectivity index (χ4n) is 2.12. The number of hydrogen-bond donors (Lipinski definition) is 1. The van der Waals surface area contributed by atoms with Gasteiger partial charge in [0.05, 0.1) is 6.04 Å². The van der Waals surface area contributed by atoms with Gasteiger partial charge in [-0.3, -0.25) is 4.79 Å². The third kappa shape index (κ3) is 4.10. The molecule has 0 aliphatic carbocycles. The van der Waals surface area contributed by atoms with Crippen LogP contribution in [0.2, 0.25) is 5.02 Å². The van der Waals surface area contributed by atoms with Crippen molar-refractivity contribution in [3.63, 3.8) is 0 Å². The Morgan fingerprint density at radius 1 is 1.10 bits per heavy atom. The van der Waals surface area contributed by atoms with Gasteiger partial charge in [-0.1, -0.05) is 60.1 Å². The summed E-state index contributed by atoms with van der Waals surface area (Å²) in [4.78, 5) is 12.0. The highest BCUT2D eigenvalue weighted by Crippen LogP contribution is 2.22. The number of carbonyl (C=O) groups is 1. The second-order valence-electron chi connectivity index (χ2n) is 4.80. The lowest BCUT2D eigenvalue weighted by molar-refractivity contribution is -0.121. The van der Waals surface area contributed by atoms with Crippen molar-refractivity contribution in [2.75, 3.05) is 0 Å². The zero-order valence-corrected chi connectivity index (χ0v) is 12.2. The molecule has 0 bridgehead atoms. The van der Waals surface area contributed by atoms with Crippen LogP contribution in [0.5, 0.6) is 0 Å². The van der Waals surface area contributed by atoms with Crippen molar-refractivity contribution in [1.82, 2.24) is 5.32 Å². The van der Waals surface area contributed by atoms with E-state index in [0.29, 0.717) is 11.4 Å². The summed E-state index contributed by atoms with van der Waals surface area (Å²) in [6.45, 7) is 1.95. The largest absolute Gasteiger partial charge is 0.350 e. The average molecular weight is 288 g/mol. The van der Waals surface area contributed by atoms with E-state index in [9.17, 15) is 4.79 Å². The van der Waals surface area contributed by atoms with Gasteiger partial charge >= 0.3 is 0 Å². The van der Waals surface area contributed by atoms with Gasteiger partial charge in [0.2, 0.25) is 5.91 Å². The summed E-state index contributed by atoms with van der Waals surface area (Å²) in [6.07, 6.45) is 1.24. The normalized spacial score (nSPS) is 11.9. The Hall–Kier alpha value is -1.80. The number of benzene rings is 2. The minimum Gasteiger partial charge on any atom is -0.350 e. The van der Waals surface area contributed by atoms with Gasteiger partial charge in [-0.15, -0.1) is 0 Å². The molecule has 0 saturated heterocycles. The van der Waals surface area contributed by atoms with Crippen molar-refractivity contribution in [3.05, 3.63) is 70.7 Å². The second kappa shape index (κ2) is 7.11. The topological polar surface area (TPSA) is 29.1 Å². The van der Waals surface area contributed by atoms with Gasteiger partial charge in [0, 0.05) is 11.4 Å². The van der Waals surface area contributed by atoms with Gasteiger partial charge in [-0.05, 0) is 30.5 Å². The lowest BCUT2D eigenvalue weighted by atomic mass is 10.1. The summed E-state index contributed by atoms with van der Waals surface area (Å²) >= 11 is 6.12. The van der Waals surface area contributed by atoms with Gasteiger partial charge in [-0.25, -0.2) is 0 Å². The van der Waals surface area contributed by atoms with E-state index in [1.807, 2.05) is 61.5 Å². The third-order valence-corrected chi connectivity index (χ3v) is 3.58. The summed E-state index contributed by atoms with van der Waals surface area (Å²) in [6, 6.07) is 17.5. The Kier molecular flexibility index (Phi) is 5.19. The van der Waals surface area contributed by atoms with Gasteiger partial charge in [0.15, 0.2) is 0 Å². The predicted octanol–water partition coefficient (Wildman–Crippen LogP) is 4.15. The van der Waals surface area contributed by atoms with Crippen molar-refractivity contribution in [2.45, 2.75) is 25.8 Å².